The molecule has 0 unspecified atom stereocenters. The third kappa shape index (κ3) is 15.6. The van der Waals surface area contributed by atoms with E-state index >= 15 is 0 Å². The molecule has 1 rings (SSSR count). The molecule has 0 bridgehead atoms. The molecular formula is C28H54NO2+. The zero-order valence-corrected chi connectivity index (χ0v) is 21.3. The van der Waals surface area contributed by atoms with E-state index in [1.165, 1.54) is 103 Å². The van der Waals surface area contributed by atoms with E-state index < -0.39 is 5.97 Å². The van der Waals surface area contributed by atoms with Crippen LogP contribution in [0.15, 0.2) is 12.2 Å². The van der Waals surface area contributed by atoms with Crippen LogP contribution < -0.4 is 0 Å². The summed E-state index contributed by atoms with van der Waals surface area (Å²) in [6, 6.07) is 0. The van der Waals surface area contributed by atoms with Crippen molar-refractivity contribution >= 4 is 5.97 Å². The summed E-state index contributed by atoms with van der Waals surface area (Å²) in [7, 11) is 4.72. The Balaban J connectivity index is 1.91. The van der Waals surface area contributed by atoms with Crippen molar-refractivity contribution in [2.75, 3.05) is 27.2 Å². The maximum atomic E-state index is 11.1. The number of quaternary nitrogens is 1. The van der Waals surface area contributed by atoms with Gasteiger partial charge in [0.15, 0.2) is 0 Å². The lowest BCUT2D eigenvalue weighted by molar-refractivity contribution is -0.894. The molecule has 0 spiro atoms. The second kappa shape index (κ2) is 17.7. The van der Waals surface area contributed by atoms with Crippen molar-refractivity contribution in [1.29, 1.82) is 0 Å². The van der Waals surface area contributed by atoms with Gasteiger partial charge in [-0.3, -0.25) is 4.79 Å². The summed E-state index contributed by atoms with van der Waals surface area (Å²) in [6.07, 6.45) is 27.9. The molecule has 0 radical (unpaired) electrons. The highest BCUT2D eigenvalue weighted by molar-refractivity contribution is 5.69. The lowest BCUT2D eigenvalue weighted by Gasteiger charge is -2.36. The van der Waals surface area contributed by atoms with Crippen LogP contribution in [0.5, 0.6) is 0 Å². The maximum Gasteiger partial charge on any atom is 0.306 e. The summed E-state index contributed by atoms with van der Waals surface area (Å²) >= 11 is 0. The molecular weight excluding hydrogens is 382 g/mol. The van der Waals surface area contributed by atoms with Gasteiger partial charge in [-0.1, -0.05) is 70.4 Å². The normalized spacial score (nSPS) is 19.8. The van der Waals surface area contributed by atoms with Gasteiger partial charge in [0.2, 0.25) is 0 Å². The molecule has 1 aliphatic rings. The Morgan fingerprint density at radius 2 is 1.26 bits per heavy atom. The van der Waals surface area contributed by atoms with Gasteiger partial charge in [0.05, 0.1) is 33.1 Å². The van der Waals surface area contributed by atoms with Crippen molar-refractivity contribution in [2.24, 2.45) is 11.8 Å². The Morgan fingerprint density at radius 3 is 1.77 bits per heavy atom. The largest absolute Gasteiger partial charge is 0.481 e. The van der Waals surface area contributed by atoms with E-state index in [0.29, 0.717) is 0 Å². The highest BCUT2D eigenvalue weighted by Gasteiger charge is 2.29. The summed E-state index contributed by atoms with van der Waals surface area (Å²) < 4.78 is 1.10. The first kappa shape index (κ1) is 28.2. The minimum atomic E-state index is -0.587. The van der Waals surface area contributed by atoms with Crippen LogP contribution in [0.1, 0.15) is 122 Å². The number of allylic oxidation sites excluding steroid dienone is 2. The second-order valence-corrected chi connectivity index (χ2v) is 10.8. The number of nitrogens with zero attached hydrogens (tertiary/aromatic N) is 1. The molecule has 0 aromatic heterocycles. The predicted molar refractivity (Wildman–Crippen MR) is 134 cm³/mol. The van der Waals surface area contributed by atoms with Gasteiger partial charge in [-0.05, 0) is 64.2 Å². The average Bonchev–Trinajstić information content (AvgIpc) is 2.73. The summed E-state index contributed by atoms with van der Waals surface area (Å²) in [4.78, 5) is 11.1. The van der Waals surface area contributed by atoms with E-state index in [9.17, 15) is 4.79 Å². The van der Waals surface area contributed by atoms with Gasteiger partial charge in [-0.15, -0.1) is 0 Å². The smallest absolute Gasteiger partial charge is 0.306 e. The fraction of sp³-hybridized carbons (Fsp3) is 0.893. The zero-order valence-electron chi connectivity index (χ0n) is 21.3. The summed E-state index contributed by atoms with van der Waals surface area (Å²) in [5.74, 6) is 0.0544. The fourth-order valence-corrected chi connectivity index (χ4v) is 5.17. The number of carbonyl (C=O) groups is 1. The average molecular weight is 437 g/mol. The molecule has 0 aromatic rings. The molecule has 1 N–H and O–H groups in total. The van der Waals surface area contributed by atoms with Crippen molar-refractivity contribution in [1.82, 2.24) is 0 Å². The lowest BCUT2D eigenvalue weighted by Crippen LogP contribution is -2.45. The Labute approximate surface area is 194 Å². The maximum absolute atomic E-state index is 11.1. The van der Waals surface area contributed by atoms with Crippen LogP contribution in [0, 0.1) is 11.8 Å². The number of carboxylic acids is 1. The van der Waals surface area contributed by atoms with Crippen molar-refractivity contribution in [3.8, 4) is 0 Å². The molecule has 0 heterocycles. The van der Waals surface area contributed by atoms with Crippen molar-refractivity contribution in [3.05, 3.63) is 12.2 Å². The summed E-state index contributed by atoms with van der Waals surface area (Å²) in [5.41, 5.74) is 0. The van der Waals surface area contributed by atoms with Crippen molar-refractivity contribution in [2.45, 2.75) is 122 Å². The van der Waals surface area contributed by atoms with E-state index in [1.54, 1.807) is 0 Å². The molecule has 1 aliphatic carbocycles. The third-order valence-corrected chi connectivity index (χ3v) is 7.22. The molecule has 3 nitrogen and oxygen atoms in total. The Morgan fingerprint density at radius 1 is 0.774 bits per heavy atom. The van der Waals surface area contributed by atoms with Gasteiger partial charge >= 0.3 is 5.97 Å². The van der Waals surface area contributed by atoms with Gasteiger partial charge in [-0.2, -0.15) is 0 Å². The Hall–Kier alpha value is -0.830. The van der Waals surface area contributed by atoms with Gasteiger partial charge in [0, 0.05) is 5.92 Å². The van der Waals surface area contributed by atoms with E-state index in [4.69, 9.17) is 5.11 Å². The van der Waals surface area contributed by atoms with Crippen molar-refractivity contribution in [3.63, 3.8) is 0 Å². The van der Waals surface area contributed by atoms with Crippen LogP contribution in [0.4, 0.5) is 0 Å². The van der Waals surface area contributed by atoms with Gasteiger partial charge in [0.1, 0.15) is 0 Å². The van der Waals surface area contributed by atoms with Crippen molar-refractivity contribution < 1.29 is 14.4 Å². The van der Waals surface area contributed by atoms with E-state index in [-0.39, 0.29) is 5.92 Å². The molecule has 0 aromatic carbocycles. The highest BCUT2D eigenvalue weighted by Crippen LogP contribution is 2.30. The van der Waals surface area contributed by atoms with Crippen LogP contribution in [0.3, 0.4) is 0 Å². The van der Waals surface area contributed by atoms with Gasteiger partial charge in [-0.25, -0.2) is 0 Å². The van der Waals surface area contributed by atoms with Crippen LogP contribution in [0.2, 0.25) is 0 Å². The molecule has 0 atom stereocenters. The predicted octanol–water partition coefficient (Wildman–Crippen LogP) is 7.99. The zero-order chi connectivity index (χ0) is 22.8. The van der Waals surface area contributed by atoms with Gasteiger partial charge < -0.3 is 9.59 Å². The Kier molecular flexibility index (Phi) is 16.1. The molecule has 0 aliphatic heterocycles. The molecule has 3 heteroatoms. The molecule has 1 fully saturated rings. The molecule has 1 saturated carbocycles. The summed E-state index contributed by atoms with van der Waals surface area (Å²) in [6.45, 7) is 4.76. The quantitative estimate of drug-likeness (QED) is 0.126. The van der Waals surface area contributed by atoms with Crippen LogP contribution in [-0.2, 0) is 4.79 Å². The van der Waals surface area contributed by atoms with Crippen LogP contribution in [-0.4, -0.2) is 42.7 Å². The van der Waals surface area contributed by atoms with E-state index in [2.05, 4.69) is 33.2 Å². The molecule has 182 valence electrons. The van der Waals surface area contributed by atoms with Gasteiger partial charge in [0.25, 0.3) is 0 Å². The topological polar surface area (TPSA) is 37.3 Å². The van der Waals surface area contributed by atoms with Crippen LogP contribution in [0.25, 0.3) is 0 Å². The number of hydrogen-bond donors (Lipinski definition) is 1. The SMILES string of the molecule is CCCCCCCC/C=C/CCCCCCCC[N+](C)(C)CC1CCC(C(=O)O)CC1. The molecule has 0 amide bonds. The highest BCUT2D eigenvalue weighted by atomic mass is 16.4. The monoisotopic (exact) mass is 436 g/mol. The Bertz CT molecular complexity index is 464. The van der Waals surface area contributed by atoms with E-state index in [1.807, 2.05) is 0 Å². The second-order valence-electron chi connectivity index (χ2n) is 10.8. The minimum absolute atomic E-state index is 0.0809. The lowest BCUT2D eigenvalue weighted by atomic mass is 9.81. The first-order chi connectivity index (χ1) is 14.9. The van der Waals surface area contributed by atoms with E-state index in [0.717, 1.165) is 36.1 Å². The number of unbranched alkanes of at least 4 members (excludes halogenated alkanes) is 12. The third-order valence-electron chi connectivity index (χ3n) is 7.22. The fourth-order valence-electron chi connectivity index (χ4n) is 5.17. The number of aliphatic carboxylic acids is 1. The number of hydrogen-bond acceptors (Lipinski definition) is 1. The number of carboxylic acid groups (broad SMARTS) is 1. The standard InChI is InChI=1S/C28H53NO2/c1-4-5-6-7-8-9-10-11-12-13-14-15-16-17-18-19-24-29(2,3)25-26-20-22-27(23-21-26)28(30)31/h11-12,26-27H,4-10,13-25H2,1-3H3/p+1/b12-11+. The number of rotatable bonds is 19. The summed E-state index contributed by atoms with van der Waals surface area (Å²) in [5, 5.41) is 9.16. The molecule has 31 heavy (non-hydrogen) atoms. The first-order valence-electron chi connectivity index (χ1n) is 13.6. The minimum Gasteiger partial charge on any atom is -0.481 e. The van der Waals surface area contributed by atoms with Crippen LogP contribution >= 0.6 is 0 Å². The first-order valence-corrected chi connectivity index (χ1v) is 13.6. The molecule has 0 saturated heterocycles.